The lowest BCUT2D eigenvalue weighted by Gasteiger charge is -2.31. The predicted molar refractivity (Wildman–Crippen MR) is 87.4 cm³/mol. The van der Waals surface area contributed by atoms with Crippen molar-refractivity contribution in [1.82, 2.24) is 15.1 Å². The van der Waals surface area contributed by atoms with Gasteiger partial charge in [-0.3, -0.25) is 9.69 Å². The van der Waals surface area contributed by atoms with E-state index in [1.165, 1.54) is 44.9 Å². The van der Waals surface area contributed by atoms with E-state index in [1.54, 1.807) is 0 Å². The van der Waals surface area contributed by atoms with Crippen molar-refractivity contribution in [3.8, 4) is 0 Å². The molecule has 0 bridgehead atoms. The highest BCUT2D eigenvalue weighted by molar-refractivity contribution is 5.78. The minimum Gasteiger partial charge on any atom is -0.342 e. The Morgan fingerprint density at radius 3 is 2.33 bits per heavy atom. The largest absolute Gasteiger partial charge is 0.342 e. The second-order valence-electron chi connectivity index (χ2n) is 6.67. The number of hydrogen-bond donors (Lipinski definition) is 1. The molecule has 0 aromatic heterocycles. The minimum absolute atomic E-state index is 0.354. The highest BCUT2D eigenvalue weighted by atomic mass is 16.2. The maximum atomic E-state index is 12.5. The first-order chi connectivity index (χ1) is 10.3. The van der Waals surface area contributed by atoms with Gasteiger partial charge in [0.1, 0.15) is 0 Å². The highest BCUT2D eigenvalue weighted by Gasteiger charge is 2.21. The molecule has 0 aromatic carbocycles. The van der Waals surface area contributed by atoms with Crippen molar-refractivity contribution in [2.75, 3.05) is 45.8 Å². The fourth-order valence-electron chi connectivity index (χ4n) is 3.52. The smallest absolute Gasteiger partial charge is 0.236 e. The second kappa shape index (κ2) is 9.42. The van der Waals surface area contributed by atoms with Crippen LogP contribution in [0.2, 0.25) is 0 Å². The number of hydrogen-bond acceptors (Lipinski definition) is 3. The third-order valence-electron chi connectivity index (χ3n) is 4.99. The molecule has 2 rings (SSSR count). The van der Waals surface area contributed by atoms with Crippen molar-refractivity contribution < 1.29 is 4.79 Å². The van der Waals surface area contributed by atoms with Crippen LogP contribution in [0, 0.1) is 5.92 Å². The Balaban J connectivity index is 1.77. The van der Waals surface area contributed by atoms with E-state index >= 15 is 0 Å². The molecule has 0 aliphatic carbocycles. The Morgan fingerprint density at radius 1 is 1.10 bits per heavy atom. The Bertz CT molecular complexity index is 294. The summed E-state index contributed by atoms with van der Waals surface area (Å²) < 4.78 is 0. The molecule has 0 spiro atoms. The van der Waals surface area contributed by atoms with E-state index in [-0.39, 0.29) is 0 Å². The van der Waals surface area contributed by atoms with Crippen molar-refractivity contribution in [2.24, 2.45) is 5.92 Å². The average Bonchev–Trinajstić information content (AvgIpc) is 2.47. The summed E-state index contributed by atoms with van der Waals surface area (Å²) in [5.74, 6) is 1.12. The van der Waals surface area contributed by atoms with E-state index in [1.807, 2.05) is 0 Å². The van der Waals surface area contributed by atoms with Gasteiger partial charge in [-0.15, -0.1) is 0 Å². The van der Waals surface area contributed by atoms with Crippen LogP contribution in [0.1, 0.15) is 51.9 Å². The van der Waals surface area contributed by atoms with Crippen molar-refractivity contribution in [2.45, 2.75) is 51.9 Å². The molecule has 0 saturated carbocycles. The molecule has 2 aliphatic heterocycles. The van der Waals surface area contributed by atoms with E-state index in [0.29, 0.717) is 12.5 Å². The van der Waals surface area contributed by atoms with Crippen LogP contribution in [-0.2, 0) is 4.79 Å². The number of rotatable bonds is 5. The number of nitrogens with one attached hydrogen (secondary N) is 1. The topological polar surface area (TPSA) is 35.6 Å². The molecule has 1 amide bonds. The zero-order valence-corrected chi connectivity index (χ0v) is 13.8. The summed E-state index contributed by atoms with van der Waals surface area (Å²) in [6.07, 6.45) is 8.81. The van der Waals surface area contributed by atoms with Gasteiger partial charge in [-0.1, -0.05) is 26.2 Å². The van der Waals surface area contributed by atoms with Crippen LogP contribution in [0.25, 0.3) is 0 Å². The molecule has 122 valence electrons. The van der Waals surface area contributed by atoms with E-state index in [4.69, 9.17) is 0 Å². The van der Waals surface area contributed by atoms with E-state index in [9.17, 15) is 4.79 Å². The zero-order chi connectivity index (χ0) is 14.9. The number of carbonyl (C=O) groups is 1. The van der Waals surface area contributed by atoms with Gasteiger partial charge in [0.05, 0.1) is 6.54 Å². The third kappa shape index (κ3) is 5.95. The first-order valence-electron chi connectivity index (χ1n) is 9.00. The molecular weight excluding hydrogens is 262 g/mol. The van der Waals surface area contributed by atoms with Gasteiger partial charge in [-0.25, -0.2) is 0 Å². The summed E-state index contributed by atoms with van der Waals surface area (Å²) in [7, 11) is 0. The number of nitrogens with zero attached hydrogens (tertiary/aromatic N) is 2. The number of amides is 1. The summed E-state index contributed by atoms with van der Waals surface area (Å²) in [5, 5.41) is 3.42. The zero-order valence-electron chi connectivity index (χ0n) is 13.8. The molecule has 0 unspecified atom stereocenters. The SMILES string of the molecule is CCN(CC(=O)N1CCCCCCC1)CC1CCNCC1. The van der Waals surface area contributed by atoms with Gasteiger partial charge in [0.2, 0.25) is 5.91 Å². The van der Waals surface area contributed by atoms with E-state index in [2.05, 4.69) is 22.0 Å². The molecule has 2 fully saturated rings. The van der Waals surface area contributed by atoms with Crippen LogP contribution in [0.3, 0.4) is 0 Å². The van der Waals surface area contributed by atoms with Crippen LogP contribution in [0.4, 0.5) is 0 Å². The Morgan fingerprint density at radius 2 is 1.71 bits per heavy atom. The van der Waals surface area contributed by atoms with Gasteiger partial charge in [0.25, 0.3) is 0 Å². The van der Waals surface area contributed by atoms with Gasteiger partial charge in [0, 0.05) is 19.6 Å². The third-order valence-corrected chi connectivity index (χ3v) is 4.99. The van der Waals surface area contributed by atoms with E-state index < -0.39 is 0 Å². The lowest BCUT2D eigenvalue weighted by molar-refractivity contribution is -0.132. The number of carbonyl (C=O) groups excluding carboxylic acids is 1. The fraction of sp³-hybridized carbons (Fsp3) is 0.941. The lowest BCUT2D eigenvalue weighted by Crippen LogP contribution is -2.44. The maximum Gasteiger partial charge on any atom is 0.236 e. The van der Waals surface area contributed by atoms with Crippen LogP contribution >= 0.6 is 0 Å². The summed E-state index contributed by atoms with van der Waals surface area (Å²) in [6.45, 7) is 9.13. The second-order valence-corrected chi connectivity index (χ2v) is 6.67. The van der Waals surface area contributed by atoms with Crippen LogP contribution in [0.15, 0.2) is 0 Å². The highest BCUT2D eigenvalue weighted by Crippen LogP contribution is 2.14. The standard InChI is InChI=1S/C17H33N3O/c1-2-19(14-16-8-10-18-11-9-16)15-17(21)20-12-6-4-3-5-7-13-20/h16,18H,2-15H2,1H3. The van der Waals surface area contributed by atoms with Gasteiger partial charge in [0.15, 0.2) is 0 Å². The molecule has 0 radical (unpaired) electrons. The fourth-order valence-corrected chi connectivity index (χ4v) is 3.52. The minimum atomic E-state index is 0.354. The Kier molecular flexibility index (Phi) is 7.51. The van der Waals surface area contributed by atoms with Crippen LogP contribution in [-0.4, -0.2) is 61.5 Å². The predicted octanol–water partition coefficient (Wildman–Crippen LogP) is 2.10. The monoisotopic (exact) mass is 295 g/mol. The lowest BCUT2D eigenvalue weighted by atomic mass is 9.97. The van der Waals surface area contributed by atoms with E-state index in [0.717, 1.165) is 45.2 Å². The molecular formula is C17H33N3O. The first kappa shape index (κ1) is 16.8. The average molecular weight is 295 g/mol. The van der Waals surface area contributed by atoms with Crippen molar-refractivity contribution in [3.05, 3.63) is 0 Å². The van der Waals surface area contributed by atoms with Crippen molar-refractivity contribution >= 4 is 5.91 Å². The van der Waals surface area contributed by atoms with Crippen LogP contribution < -0.4 is 5.32 Å². The van der Waals surface area contributed by atoms with Crippen molar-refractivity contribution in [1.29, 1.82) is 0 Å². The Hall–Kier alpha value is -0.610. The molecule has 0 aromatic rings. The molecule has 2 heterocycles. The molecule has 4 heteroatoms. The molecule has 2 saturated heterocycles. The Labute approximate surface area is 130 Å². The molecule has 4 nitrogen and oxygen atoms in total. The van der Waals surface area contributed by atoms with Gasteiger partial charge < -0.3 is 10.2 Å². The normalized spacial score (nSPS) is 22.1. The van der Waals surface area contributed by atoms with Gasteiger partial charge in [-0.2, -0.15) is 0 Å². The number of piperidine rings is 1. The summed E-state index contributed by atoms with van der Waals surface area (Å²) in [5.41, 5.74) is 0. The number of likely N-dealkylation sites (tertiary alicyclic amines) is 1. The quantitative estimate of drug-likeness (QED) is 0.844. The summed E-state index contributed by atoms with van der Waals surface area (Å²) in [4.78, 5) is 17.0. The summed E-state index contributed by atoms with van der Waals surface area (Å²) in [6, 6.07) is 0. The van der Waals surface area contributed by atoms with Crippen LogP contribution in [0.5, 0.6) is 0 Å². The van der Waals surface area contributed by atoms with Gasteiger partial charge in [-0.05, 0) is 51.2 Å². The summed E-state index contributed by atoms with van der Waals surface area (Å²) >= 11 is 0. The first-order valence-corrected chi connectivity index (χ1v) is 9.00. The molecule has 2 aliphatic rings. The molecule has 1 N–H and O–H groups in total. The van der Waals surface area contributed by atoms with Crippen molar-refractivity contribution in [3.63, 3.8) is 0 Å². The molecule has 21 heavy (non-hydrogen) atoms. The van der Waals surface area contributed by atoms with Gasteiger partial charge >= 0.3 is 0 Å². The maximum absolute atomic E-state index is 12.5. The number of likely N-dealkylation sites (N-methyl/N-ethyl adjacent to an activating group) is 1. The molecule has 0 atom stereocenters.